The molecule has 2 nitrogen and oxygen atoms in total. The molecule has 2 heteroatoms. The molecule has 0 fully saturated rings. The molecule has 1 aromatic carbocycles. The van der Waals surface area contributed by atoms with Crippen molar-refractivity contribution in [2.45, 2.75) is 20.0 Å². The van der Waals surface area contributed by atoms with Crippen molar-refractivity contribution in [1.82, 2.24) is 4.57 Å². The predicted molar refractivity (Wildman–Crippen MR) is 61.5 cm³/mol. The first-order valence-corrected chi connectivity index (χ1v) is 5.16. The third kappa shape index (κ3) is 2.40. The van der Waals surface area contributed by atoms with Crippen molar-refractivity contribution in [3.8, 4) is 11.4 Å². The molecule has 1 heterocycles. The fourth-order valence-electron chi connectivity index (χ4n) is 1.48. The van der Waals surface area contributed by atoms with Crippen LogP contribution in [0.25, 0.3) is 5.69 Å². The van der Waals surface area contributed by atoms with E-state index in [2.05, 4.69) is 16.7 Å². The average Bonchev–Trinajstić information content (AvgIpc) is 2.67. The third-order valence-electron chi connectivity index (χ3n) is 2.09. The van der Waals surface area contributed by atoms with E-state index >= 15 is 0 Å². The molecule has 0 saturated carbocycles. The van der Waals surface area contributed by atoms with E-state index in [1.807, 2.05) is 50.5 Å². The normalized spacial score (nSPS) is 10.6. The Morgan fingerprint density at radius 1 is 1.07 bits per heavy atom. The molecule has 1 aromatic heterocycles. The molecule has 2 rings (SSSR count). The van der Waals surface area contributed by atoms with Crippen LogP contribution < -0.4 is 4.74 Å². The van der Waals surface area contributed by atoms with Gasteiger partial charge in [-0.2, -0.15) is 0 Å². The summed E-state index contributed by atoms with van der Waals surface area (Å²) in [4.78, 5) is 0. The highest BCUT2D eigenvalue weighted by molar-refractivity contribution is 5.35. The molecule has 0 atom stereocenters. The molecular formula is C13H15NO. The lowest BCUT2D eigenvalue weighted by atomic mass is 10.3. The largest absolute Gasteiger partial charge is 0.489 e. The average molecular weight is 201 g/mol. The molecule has 0 spiro atoms. The van der Waals surface area contributed by atoms with Gasteiger partial charge in [-0.05, 0) is 32.0 Å². The van der Waals surface area contributed by atoms with Gasteiger partial charge in [0.1, 0.15) is 5.75 Å². The minimum absolute atomic E-state index is 0.219. The van der Waals surface area contributed by atoms with Gasteiger partial charge in [0.05, 0.1) is 12.3 Å². The maximum atomic E-state index is 5.60. The molecule has 0 amide bonds. The van der Waals surface area contributed by atoms with Crippen molar-refractivity contribution in [2.24, 2.45) is 0 Å². The summed E-state index contributed by atoms with van der Waals surface area (Å²) in [6.45, 7) is 4.06. The first kappa shape index (κ1) is 9.84. The van der Waals surface area contributed by atoms with Crippen molar-refractivity contribution in [1.29, 1.82) is 0 Å². The zero-order valence-corrected chi connectivity index (χ0v) is 9.05. The lowest BCUT2D eigenvalue weighted by Crippen LogP contribution is -2.04. The minimum atomic E-state index is 0.219. The van der Waals surface area contributed by atoms with Gasteiger partial charge < -0.3 is 9.30 Å². The summed E-state index contributed by atoms with van der Waals surface area (Å²) in [7, 11) is 0. The number of hydrogen-bond donors (Lipinski definition) is 0. The topological polar surface area (TPSA) is 14.2 Å². The van der Waals surface area contributed by atoms with Gasteiger partial charge in [-0.15, -0.1) is 0 Å². The van der Waals surface area contributed by atoms with Crippen LogP contribution in [0, 0.1) is 0 Å². The summed E-state index contributed by atoms with van der Waals surface area (Å²) in [6.07, 6.45) is 4.22. The number of benzene rings is 1. The van der Waals surface area contributed by atoms with Gasteiger partial charge in [-0.1, -0.05) is 18.2 Å². The predicted octanol–water partition coefficient (Wildman–Crippen LogP) is 3.26. The van der Waals surface area contributed by atoms with Gasteiger partial charge in [0.25, 0.3) is 0 Å². The van der Waals surface area contributed by atoms with Crippen molar-refractivity contribution < 1.29 is 4.74 Å². The van der Waals surface area contributed by atoms with Crippen molar-refractivity contribution >= 4 is 0 Å². The number of ether oxygens (including phenoxy) is 1. The SMILES string of the molecule is CC(C)Oc1ccn(-c2ccccc2)c1. The Hall–Kier alpha value is -1.70. The van der Waals surface area contributed by atoms with Crippen LogP contribution in [-0.2, 0) is 0 Å². The highest BCUT2D eigenvalue weighted by Crippen LogP contribution is 2.16. The van der Waals surface area contributed by atoms with Gasteiger partial charge >= 0.3 is 0 Å². The summed E-state index contributed by atoms with van der Waals surface area (Å²) < 4.78 is 7.65. The smallest absolute Gasteiger partial charge is 0.137 e. The van der Waals surface area contributed by atoms with E-state index in [9.17, 15) is 0 Å². The highest BCUT2D eigenvalue weighted by atomic mass is 16.5. The number of aromatic nitrogens is 1. The van der Waals surface area contributed by atoms with Gasteiger partial charge in [-0.3, -0.25) is 0 Å². The molecule has 78 valence electrons. The van der Waals surface area contributed by atoms with E-state index < -0.39 is 0 Å². The number of hydrogen-bond acceptors (Lipinski definition) is 1. The maximum Gasteiger partial charge on any atom is 0.137 e. The van der Waals surface area contributed by atoms with Crippen molar-refractivity contribution in [3.05, 3.63) is 48.8 Å². The van der Waals surface area contributed by atoms with Crippen LogP contribution in [-0.4, -0.2) is 10.7 Å². The molecule has 0 unspecified atom stereocenters. The van der Waals surface area contributed by atoms with Crippen LogP contribution in [0.15, 0.2) is 48.8 Å². The van der Waals surface area contributed by atoms with Gasteiger partial charge in [0.15, 0.2) is 0 Å². The van der Waals surface area contributed by atoms with Crippen LogP contribution in [0.2, 0.25) is 0 Å². The molecule has 0 aliphatic carbocycles. The van der Waals surface area contributed by atoms with E-state index in [0.29, 0.717) is 0 Å². The van der Waals surface area contributed by atoms with Crippen LogP contribution in [0.5, 0.6) is 5.75 Å². The number of rotatable bonds is 3. The zero-order valence-electron chi connectivity index (χ0n) is 9.05. The summed E-state index contributed by atoms with van der Waals surface area (Å²) in [6, 6.07) is 12.2. The lowest BCUT2D eigenvalue weighted by molar-refractivity contribution is 0.242. The Labute approximate surface area is 90.1 Å². The Bertz CT molecular complexity index is 417. The Morgan fingerprint density at radius 2 is 1.80 bits per heavy atom. The zero-order chi connectivity index (χ0) is 10.7. The molecule has 0 radical (unpaired) electrons. The molecule has 15 heavy (non-hydrogen) atoms. The van der Waals surface area contributed by atoms with Crippen LogP contribution in [0.1, 0.15) is 13.8 Å². The van der Waals surface area contributed by atoms with Crippen LogP contribution in [0.4, 0.5) is 0 Å². The van der Waals surface area contributed by atoms with Crippen LogP contribution >= 0.6 is 0 Å². The number of para-hydroxylation sites is 1. The summed E-state index contributed by atoms with van der Waals surface area (Å²) >= 11 is 0. The Morgan fingerprint density at radius 3 is 2.47 bits per heavy atom. The molecule has 0 saturated heterocycles. The molecule has 0 N–H and O–H groups in total. The molecular weight excluding hydrogens is 186 g/mol. The van der Waals surface area contributed by atoms with E-state index in [-0.39, 0.29) is 6.10 Å². The Kier molecular flexibility index (Phi) is 2.77. The Balaban J connectivity index is 2.21. The molecule has 0 aliphatic rings. The highest BCUT2D eigenvalue weighted by Gasteiger charge is 2.00. The van der Waals surface area contributed by atoms with E-state index in [4.69, 9.17) is 4.74 Å². The van der Waals surface area contributed by atoms with Gasteiger partial charge in [-0.25, -0.2) is 0 Å². The minimum Gasteiger partial charge on any atom is -0.489 e. The second-order valence-electron chi connectivity index (χ2n) is 3.76. The second kappa shape index (κ2) is 4.22. The van der Waals surface area contributed by atoms with Crippen molar-refractivity contribution in [2.75, 3.05) is 0 Å². The van der Waals surface area contributed by atoms with Crippen molar-refractivity contribution in [3.63, 3.8) is 0 Å². The van der Waals surface area contributed by atoms with E-state index in [1.165, 1.54) is 0 Å². The summed E-state index contributed by atoms with van der Waals surface area (Å²) in [5.74, 6) is 0.911. The van der Waals surface area contributed by atoms with Gasteiger partial charge in [0.2, 0.25) is 0 Å². The van der Waals surface area contributed by atoms with E-state index in [0.717, 1.165) is 11.4 Å². The standard InChI is InChI=1S/C13H15NO/c1-11(2)15-13-8-9-14(10-13)12-6-4-3-5-7-12/h3-11H,1-2H3. The fourth-order valence-corrected chi connectivity index (χ4v) is 1.48. The molecule has 2 aromatic rings. The molecule has 0 aliphatic heterocycles. The first-order valence-electron chi connectivity index (χ1n) is 5.16. The summed E-state index contributed by atoms with van der Waals surface area (Å²) in [5.41, 5.74) is 1.15. The van der Waals surface area contributed by atoms with Crippen LogP contribution in [0.3, 0.4) is 0 Å². The van der Waals surface area contributed by atoms with Gasteiger partial charge in [0, 0.05) is 11.9 Å². The fraction of sp³-hybridized carbons (Fsp3) is 0.231. The third-order valence-corrected chi connectivity index (χ3v) is 2.09. The second-order valence-corrected chi connectivity index (χ2v) is 3.76. The lowest BCUT2D eigenvalue weighted by Gasteiger charge is -2.06. The quantitative estimate of drug-likeness (QED) is 0.743. The molecule has 0 bridgehead atoms. The summed E-state index contributed by atoms with van der Waals surface area (Å²) in [5, 5.41) is 0. The monoisotopic (exact) mass is 201 g/mol. The first-order chi connectivity index (χ1) is 7.25. The number of nitrogens with zero attached hydrogens (tertiary/aromatic N) is 1. The maximum absolute atomic E-state index is 5.60. The van der Waals surface area contributed by atoms with E-state index in [1.54, 1.807) is 0 Å².